The van der Waals surface area contributed by atoms with Gasteiger partial charge in [0, 0.05) is 0 Å². The zero-order valence-electron chi connectivity index (χ0n) is 23.7. The molecule has 0 aliphatic rings. The van der Waals surface area contributed by atoms with Gasteiger partial charge < -0.3 is 14.3 Å². The second-order valence-electron chi connectivity index (χ2n) is 7.60. The first-order valence-corrected chi connectivity index (χ1v) is 12.4. The molecule has 0 aromatic heterocycles. The molecule has 3 rings (SSSR count). The zero-order valence-corrected chi connectivity index (χ0v) is 23.7. The molecule has 0 radical (unpaired) electrons. The minimum atomic E-state index is -2.74. The van der Waals surface area contributed by atoms with Crippen LogP contribution >= 0.6 is 0 Å². The van der Waals surface area contributed by atoms with E-state index in [0.29, 0.717) is 5.56 Å². The molecule has 3 aromatic rings. The van der Waals surface area contributed by atoms with Gasteiger partial charge in [0.1, 0.15) is 17.9 Å². The Balaban J connectivity index is 0. The van der Waals surface area contributed by atoms with E-state index in [0.717, 1.165) is 35.8 Å². The molecule has 210 valence electrons. The quantitative estimate of drug-likeness (QED) is 0.243. The Morgan fingerprint density at radius 1 is 0.921 bits per heavy atom. The molecule has 0 fully saturated rings. The first kappa shape index (κ1) is 36.5. The van der Waals surface area contributed by atoms with Gasteiger partial charge in [-0.05, 0) is 87.2 Å². The van der Waals surface area contributed by atoms with Crippen molar-refractivity contribution in [3.8, 4) is 5.75 Å². The van der Waals surface area contributed by atoms with E-state index in [-0.39, 0.29) is 17.5 Å². The molecule has 0 heterocycles. The van der Waals surface area contributed by atoms with Crippen molar-refractivity contribution in [1.82, 2.24) is 0 Å². The summed E-state index contributed by atoms with van der Waals surface area (Å²) in [6.07, 6.45) is 2.64. The standard InChI is InChI=1S/C10H12F2O.C10H12O2.C7H7F.C2H4O.C2H6/c1-2-4-8-5-3-6-9(7-8)13-10(11)12;1-7-4-5-9(6-8(7)2)10(11)12-3;1-6-2-4-7(8)5-3-6;1-2-3;1-2/h3,5-7,10H,2,4H2,1H3;4-6H,1-3H3;2-5H,1H3;2H,1H3;1-2H3. The molecule has 0 saturated heterocycles. The maximum atomic E-state index is 12.1. The number of methoxy groups -OCH3 is 1. The Labute approximate surface area is 225 Å². The predicted molar refractivity (Wildman–Crippen MR) is 149 cm³/mol. The summed E-state index contributed by atoms with van der Waals surface area (Å²) in [5.41, 5.74) is 5.02. The highest BCUT2D eigenvalue weighted by molar-refractivity contribution is 5.89. The maximum Gasteiger partial charge on any atom is 0.387 e. The van der Waals surface area contributed by atoms with Crippen LogP contribution in [0.5, 0.6) is 5.75 Å². The summed E-state index contributed by atoms with van der Waals surface area (Å²) in [5.74, 6) is -0.213. The number of rotatable bonds is 5. The first-order valence-electron chi connectivity index (χ1n) is 12.4. The van der Waals surface area contributed by atoms with Gasteiger partial charge in [-0.25, -0.2) is 9.18 Å². The fourth-order valence-corrected chi connectivity index (χ4v) is 2.69. The number of benzene rings is 3. The summed E-state index contributed by atoms with van der Waals surface area (Å²) in [5, 5.41) is 0. The third-order valence-corrected chi connectivity index (χ3v) is 4.60. The number of carbonyl (C=O) groups is 2. The van der Waals surface area contributed by atoms with Crippen molar-refractivity contribution in [3.63, 3.8) is 0 Å². The van der Waals surface area contributed by atoms with Crippen LogP contribution in [0.1, 0.15) is 66.7 Å². The van der Waals surface area contributed by atoms with Crippen molar-refractivity contribution in [1.29, 1.82) is 0 Å². The highest BCUT2D eigenvalue weighted by atomic mass is 19.3. The van der Waals surface area contributed by atoms with Crippen molar-refractivity contribution < 1.29 is 32.2 Å². The molecule has 0 bridgehead atoms. The Hall–Kier alpha value is -3.61. The van der Waals surface area contributed by atoms with Gasteiger partial charge in [-0.3, -0.25) is 0 Å². The molecule has 0 aliphatic heterocycles. The van der Waals surface area contributed by atoms with E-state index >= 15 is 0 Å². The zero-order chi connectivity index (χ0) is 29.5. The number of aryl methyl sites for hydroxylation is 4. The van der Waals surface area contributed by atoms with E-state index in [1.54, 1.807) is 30.3 Å². The third-order valence-electron chi connectivity index (χ3n) is 4.60. The summed E-state index contributed by atoms with van der Waals surface area (Å²) in [7, 11) is 1.39. The van der Waals surface area contributed by atoms with Crippen LogP contribution < -0.4 is 4.74 Å². The second kappa shape index (κ2) is 22.6. The lowest BCUT2D eigenvalue weighted by molar-refractivity contribution is -0.106. The van der Waals surface area contributed by atoms with Crippen LogP contribution in [0.15, 0.2) is 66.7 Å². The van der Waals surface area contributed by atoms with Crippen molar-refractivity contribution in [3.05, 3.63) is 100 Å². The molecular formula is C31H41F3O4. The average Bonchev–Trinajstić information content (AvgIpc) is 2.89. The number of esters is 1. The van der Waals surface area contributed by atoms with Crippen LogP contribution in [0.25, 0.3) is 0 Å². The van der Waals surface area contributed by atoms with E-state index in [4.69, 9.17) is 4.79 Å². The Morgan fingerprint density at radius 2 is 1.50 bits per heavy atom. The number of aldehydes is 1. The predicted octanol–water partition coefficient (Wildman–Crippen LogP) is 8.70. The average molecular weight is 535 g/mol. The number of ether oxygens (including phenoxy) is 2. The highest BCUT2D eigenvalue weighted by Crippen LogP contribution is 2.16. The van der Waals surface area contributed by atoms with Gasteiger partial charge in [-0.2, -0.15) is 8.78 Å². The van der Waals surface area contributed by atoms with Gasteiger partial charge >= 0.3 is 12.6 Å². The summed E-state index contributed by atoms with van der Waals surface area (Å²) < 4.78 is 44.6. The fraction of sp³-hybridized carbons (Fsp3) is 0.355. The summed E-state index contributed by atoms with van der Waals surface area (Å²) in [4.78, 5) is 19.9. The van der Waals surface area contributed by atoms with Gasteiger partial charge in [0.05, 0.1) is 12.7 Å². The molecule has 0 unspecified atom stereocenters. The number of halogens is 3. The molecule has 0 amide bonds. The SMILES string of the molecule is CC.CC=O.CCCc1cccc(OC(F)F)c1.COC(=O)c1ccc(C)c(C)c1.Cc1ccc(F)cc1. The molecule has 4 nitrogen and oxygen atoms in total. The Morgan fingerprint density at radius 3 is 1.95 bits per heavy atom. The van der Waals surface area contributed by atoms with E-state index in [1.807, 2.05) is 59.7 Å². The molecular weight excluding hydrogens is 493 g/mol. The smallest absolute Gasteiger partial charge is 0.387 e. The summed E-state index contributed by atoms with van der Waals surface area (Å²) in [6.45, 7) is 10.7. The molecule has 3 aromatic carbocycles. The molecule has 0 atom stereocenters. The minimum absolute atomic E-state index is 0.171. The van der Waals surface area contributed by atoms with Gasteiger partial charge in [-0.15, -0.1) is 0 Å². The van der Waals surface area contributed by atoms with E-state index in [1.165, 1.54) is 37.8 Å². The molecule has 7 heteroatoms. The summed E-state index contributed by atoms with van der Waals surface area (Å²) >= 11 is 0. The highest BCUT2D eigenvalue weighted by Gasteiger charge is 2.05. The fourth-order valence-electron chi connectivity index (χ4n) is 2.69. The van der Waals surface area contributed by atoms with Gasteiger partial charge in [-0.1, -0.05) is 63.1 Å². The van der Waals surface area contributed by atoms with Crippen molar-refractivity contribution >= 4 is 12.3 Å². The first-order chi connectivity index (χ1) is 18.1. The largest absolute Gasteiger partial charge is 0.465 e. The molecule has 0 aliphatic carbocycles. The number of hydrogen-bond acceptors (Lipinski definition) is 4. The summed E-state index contributed by atoms with van der Waals surface area (Å²) in [6, 6.07) is 18.7. The van der Waals surface area contributed by atoms with Gasteiger partial charge in [0.25, 0.3) is 0 Å². The lowest BCUT2D eigenvalue weighted by Gasteiger charge is -2.05. The van der Waals surface area contributed by atoms with Crippen molar-refractivity contribution in [2.75, 3.05) is 7.11 Å². The molecule has 0 N–H and O–H groups in total. The molecule has 0 saturated carbocycles. The van der Waals surface area contributed by atoms with Crippen LogP contribution in [0.2, 0.25) is 0 Å². The molecule has 38 heavy (non-hydrogen) atoms. The number of carbonyl (C=O) groups excluding carboxylic acids is 2. The lowest BCUT2D eigenvalue weighted by atomic mass is 10.1. The van der Waals surface area contributed by atoms with Gasteiger partial charge in [0.15, 0.2) is 0 Å². The van der Waals surface area contributed by atoms with Crippen LogP contribution in [-0.2, 0) is 16.0 Å². The second-order valence-corrected chi connectivity index (χ2v) is 7.60. The monoisotopic (exact) mass is 534 g/mol. The van der Waals surface area contributed by atoms with E-state index in [2.05, 4.69) is 9.47 Å². The van der Waals surface area contributed by atoms with Crippen LogP contribution in [0, 0.1) is 26.6 Å². The van der Waals surface area contributed by atoms with E-state index in [9.17, 15) is 18.0 Å². The van der Waals surface area contributed by atoms with Crippen LogP contribution in [0.4, 0.5) is 13.2 Å². The van der Waals surface area contributed by atoms with Crippen molar-refractivity contribution in [2.45, 2.75) is 67.9 Å². The van der Waals surface area contributed by atoms with E-state index < -0.39 is 6.61 Å². The Kier molecular flexibility index (Phi) is 21.7. The normalized spacial score (nSPS) is 9.05. The minimum Gasteiger partial charge on any atom is -0.465 e. The maximum absolute atomic E-state index is 12.1. The number of hydrogen-bond donors (Lipinski definition) is 0. The van der Waals surface area contributed by atoms with Gasteiger partial charge in [0.2, 0.25) is 0 Å². The van der Waals surface area contributed by atoms with Crippen LogP contribution in [0.3, 0.4) is 0 Å². The lowest BCUT2D eigenvalue weighted by Crippen LogP contribution is -2.01. The topological polar surface area (TPSA) is 52.6 Å². The third kappa shape index (κ3) is 17.8. The number of alkyl halides is 2. The Bertz CT molecular complexity index is 1010. The molecule has 0 spiro atoms. The van der Waals surface area contributed by atoms with Crippen LogP contribution in [-0.4, -0.2) is 26.0 Å². The van der Waals surface area contributed by atoms with Crippen molar-refractivity contribution in [2.24, 2.45) is 0 Å².